The number of fused-ring (bicyclic) bond motifs is 2. The first kappa shape index (κ1) is 16.8. The molecule has 136 valence electrons. The van der Waals surface area contributed by atoms with Crippen LogP contribution in [0.3, 0.4) is 0 Å². The van der Waals surface area contributed by atoms with E-state index in [0.717, 1.165) is 30.2 Å². The summed E-state index contributed by atoms with van der Waals surface area (Å²) >= 11 is 1.92. The van der Waals surface area contributed by atoms with Gasteiger partial charge in [-0.25, -0.2) is 9.97 Å². The molecule has 0 saturated carbocycles. The Kier molecular flexibility index (Phi) is 4.36. The molecule has 1 aromatic heterocycles. The van der Waals surface area contributed by atoms with Gasteiger partial charge in [-0.3, -0.25) is 0 Å². The van der Waals surface area contributed by atoms with E-state index in [1.165, 1.54) is 34.4 Å². The van der Waals surface area contributed by atoms with E-state index in [0.29, 0.717) is 11.3 Å². The summed E-state index contributed by atoms with van der Waals surface area (Å²) in [5.41, 5.74) is 5.45. The summed E-state index contributed by atoms with van der Waals surface area (Å²) in [6.07, 6.45) is 4.60. The highest BCUT2D eigenvalue weighted by Crippen LogP contribution is 2.46. The van der Waals surface area contributed by atoms with Crippen LogP contribution in [0.2, 0.25) is 0 Å². The quantitative estimate of drug-likeness (QED) is 0.642. The monoisotopic (exact) mass is 373 g/mol. The predicted octanol–water partition coefficient (Wildman–Crippen LogP) is 5.66. The van der Waals surface area contributed by atoms with E-state index in [1.54, 1.807) is 0 Å². The summed E-state index contributed by atoms with van der Waals surface area (Å²) in [5, 5.41) is 4.08. The fourth-order valence-electron chi connectivity index (χ4n) is 4.26. The Morgan fingerprint density at radius 1 is 1.00 bits per heavy atom. The average molecular weight is 374 g/mol. The summed E-state index contributed by atoms with van der Waals surface area (Å²) < 4.78 is 0. The molecule has 2 aromatic carbocycles. The fourth-order valence-corrected chi connectivity index (χ4v) is 5.53. The van der Waals surface area contributed by atoms with Crippen LogP contribution in [-0.2, 0) is 12.8 Å². The third-order valence-corrected chi connectivity index (χ3v) is 6.87. The molecule has 4 heteroatoms. The Bertz CT molecular complexity index is 960. The maximum atomic E-state index is 4.76. The highest BCUT2D eigenvalue weighted by atomic mass is 32.2. The van der Waals surface area contributed by atoms with Gasteiger partial charge in [-0.1, -0.05) is 42.5 Å². The van der Waals surface area contributed by atoms with E-state index in [4.69, 9.17) is 4.98 Å². The molecule has 2 aliphatic rings. The fraction of sp³-hybridized carbons (Fsp3) is 0.304. The van der Waals surface area contributed by atoms with Gasteiger partial charge in [-0.2, -0.15) is 0 Å². The third-order valence-electron chi connectivity index (χ3n) is 5.53. The van der Waals surface area contributed by atoms with Crippen molar-refractivity contribution in [1.29, 1.82) is 0 Å². The Morgan fingerprint density at radius 2 is 1.81 bits per heavy atom. The smallest absolute Gasteiger partial charge is 0.130 e. The van der Waals surface area contributed by atoms with E-state index in [-0.39, 0.29) is 0 Å². The molecule has 5 rings (SSSR count). The summed E-state index contributed by atoms with van der Waals surface area (Å²) in [5.74, 6) is 1.80. The van der Waals surface area contributed by atoms with Crippen LogP contribution in [0.4, 0.5) is 5.82 Å². The van der Waals surface area contributed by atoms with Crippen LogP contribution in [-0.4, -0.2) is 9.97 Å². The molecular formula is C23H23N3S. The van der Waals surface area contributed by atoms with Gasteiger partial charge < -0.3 is 5.32 Å². The van der Waals surface area contributed by atoms with Crippen molar-refractivity contribution < 1.29 is 0 Å². The van der Waals surface area contributed by atoms with Crippen molar-refractivity contribution >= 4 is 17.6 Å². The van der Waals surface area contributed by atoms with Gasteiger partial charge in [0.2, 0.25) is 0 Å². The SMILES string of the molecule is Cc1nc(NC2CCCc3ccccc32)cc(C2Cc3ccccc3S2)n1. The lowest BCUT2D eigenvalue weighted by Crippen LogP contribution is -2.18. The molecular weight excluding hydrogens is 350 g/mol. The first-order chi connectivity index (χ1) is 13.3. The minimum atomic E-state index is 0.338. The molecule has 3 aromatic rings. The van der Waals surface area contributed by atoms with Crippen LogP contribution in [0.15, 0.2) is 59.5 Å². The number of rotatable bonds is 3. The van der Waals surface area contributed by atoms with Crippen molar-refractivity contribution in [1.82, 2.24) is 9.97 Å². The van der Waals surface area contributed by atoms with Gasteiger partial charge >= 0.3 is 0 Å². The number of thioether (sulfide) groups is 1. The Morgan fingerprint density at radius 3 is 2.70 bits per heavy atom. The topological polar surface area (TPSA) is 37.8 Å². The lowest BCUT2D eigenvalue weighted by atomic mass is 9.88. The van der Waals surface area contributed by atoms with E-state index in [9.17, 15) is 0 Å². The molecule has 2 heterocycles. The van der Waals surface area contributed by atoms with Crippen LogP contribution in [0.5, 0.6) is 0 Å². The standard InChI is InChI=1S/C23H23N3S/c1-15-24-20(22-13-17-8-3-5-12-21(17)27-22)14-23(25-15)26-19-11-6-9-16-7-2-4-10-18(16)19/h2-5,7-8,10,12,14,19,22H,6,9,11,13H2,1H3,(H,24,25,26). The second-order valence-corrected chi connectivity index (χ2v) is 8.68. The minimum Gasteiger partial charge on any atom is -0.363 e. The summed E-state index contributed by atoms with van der Waals surface area (Å²) in [6.45, 7) is 2.00. The average Bonchev–Trinajstić information content (AvgIpc) is 3.12. The number of aromatic nitrogens is 2. The molecule has 0 amide bonds. The molecule has 0 spiro atoms. The Labute approximate surface area is 164 Å². The lowest BCUT2D eigenvalue weighted by Gasteiger charge is -2.27. The third kappa shape index (κ3) is 3.34. The summed E-state index contributed by atoms with van der Waals surface area (Å²) in [4.78, 5) is 10.8. The molecule has 2 atom stereocenters. The largest absolute Gasteiger partial charge is 0.363 e. The molecule has 0 bridgehead atoms. The van der Waals surface area contributed by atoms with Crippen molar-refractivity contribution in [3.63, 3.8) is 0 Å². The second kappa shape index (κ2) is 7.01. The lowest BCUT2D eigenvalue weighted by molar-refractivity contribution is 0.598. The predicted molar refractivity (Wildman–Crippen MR) is 111 cm³/mol. The zero-order valence-corrected chi connectivity index (χ0v) is 16.3. The van der Waals surface area contributed by atoms with Gasteiger partial charge in [0.15, 0.2) is 0 Å². The maximum Gasteiger partial charge on any atom is 0.130 e. The van der Waals surface area contributed by atoms with E-state index in [2.05, 4.69) is 64.9 Å². The maximum absolute atomic E-state index is 4.76. The van der Waals surface area contributed by atoms with Gasteiger partial charge in [0.25, 0.3) is 0 Å². The number of nitrogens with zero attached hydrogens (tertiary/aromatic N) is 2. The number of anilines is 1. The molecule has 3 nitrogen and oxygen atoms in total. The number of hydrogen-bond donors (Lipinski definition) is 1. The first-order valence-electron chi connectivity index (χ1n) is 9.71. The van der Waals surface area contributed by atoms with Crippen molar-refractivity contribution in [3.05, 3.63) is 82.8 Å². The van der Waals surface area contributed by atoms with Crippen LogP contribution in [0, 0.1) is 6.92 Å². The van der Waals surface area contributed by atoms with Crippen molar-refractivity contribution in [3.8, 4) is 0 Å². The first-order valence-corrected chi connectivity index (χ1v) is 10.6. The Hall–Kier alpha value is -2.33. The van der Waals surface area contributed by atoms with E-state index < -0.39 is 0 Å². The van der Waals surface area contributed by atoms with E-state index >= 15 is 0 Å². The summed E-state index contributed by atoms with van der Waals surface area (Å²) in [7, 11) is 0. The van der Waals surface area contributed by atoms with Gasteiger partial charge in [0, 0.05) is 11.0 Å². The number of hydrogen-bond acceptors (Lipinski definition) is 4. The van der Waals surface area contributed by atoms with Crippen LogP contribution in [0.1, 0.15) is 52.3 Å². The highest BCUT2D eigenvalue weighted by Gasteiger charge is 2.26. The normalized spacial score (nSPS) is 20.8. The van der Waals surface area contributed by atoms with Gasteiger partial charge in [-0.15, -0.1) is 11.8 Å². The molecule has 0 saturated heterocycles. The minimum absolute atomic E-state index is 0.338. The zero-order valence-electron chi connectivity index (χ0n) is 15.5. The molecule has 2 unspecified atom stereocenters. The van der Waals surface area contributed by atoms with Crippen molar-refractivity contribution in [2.24, 2.45) is 0 Å². The van der Waals surface area contributed by atoms with Crippen LogP contribution in [0.25, 0.3) is 0 Å². The number of nitrogens with one attached hydrogen (secondary N) is 1. The molecule has 27 heavy (non-hydrogen) atoms. The molecule has 0 radical (unpaired) electrons. The second-order valence-electron chi connectivity index (χ2n) is 7.43. The number of benzene rings is 2. The molecule has 1 N–H and O–H groups in total. The zero-order chi connectivity index (χ0) is 18.2. The van der Waals surface area contributed by atoms with E-state index in [1.807, 2.05) is 18.7 Å². The van der Waals surface area contributed by atoms with Crippen LogP contribution < -0.4 is 5.32 Å². The van der Waals surface area contributed by atoms with Crippen molar-refractivity contribution in [2.45, 2.75) is 48.8 Å². The van der Waals surface area contributed by atoms with Gasteiger partial charge in [0.05, 0.1) is 17.0 Å². The van der Waals surface area contributed by atoms with Gasteiger partial charge in [-0.05, 0) is 55.4 Å². The van der Waals surface area contributed by atoms with Crippen molar-refractivity contribution in [2.75, 3.05) is 5.32 Å². The highest BCUT2D eigenvalue weighted by molar-refractivity contribution is 7.99. The summed E-state index contributed by atoms with van der Waals surface area (Å²) in [6, 6.07) is 20.0. The molecule has 0 fully saturated rings. The van der Waals surface area contributed by atoms with Crippen LogP contribution >= 0.6 is 11.8 Å². The molecule has 1 aliphatic carbocycles. The number of aryl methyl sites for hydroxylation is 2. The Balaban J connectivity index is 1.41. The molecule has 1 aliphatic heterocycles. The van der Waals surface area contributed by atoms with Gasteiger partial charge in [0.1, 0.15) is 11.6 Å².